The van der Waals surface area contributed by atoms with E-state index in [9.17, 15) is 14.4 Å². The van der Waals surface area contributed by atoms with Gasteiger partial charge < -0.3 is 25.4 Å². The average Bonchev–Trinajstić information content (AvgIpc) is 2.84. The molecule has 0 saturated carbocycles. The maximum absolute atomic E-state index is 11.4. The van der Waals surface area contributed by atoms with Gasteiger partial charge in [0.1, 0.15) is 18.0 Å². The van der Waals surface area contributed by atoms with Gasteiger partial charge in [0.2, 0.25) is 0 Å². The SMILES string of the molecule is O=C(O)CCC(NC(=O)NCc1ccon1)C(=O)O. The van der Waals surface area contributed by atoms with E-state index in [4.69, 9.17) is 10.2 Å². The summed E-state index contributed by atoms with van der Waals surface area (Å²) in [4.78, 5) is 32.6. The van der Waals surface area contributed by atoms with E-state index >= 15 is 0 Å². The lowest BCUT2D eigenvalue weighted by Crippen LogP contribution is -2.46. The van der Waals surface area contributed by atoms with Gasteiger partial charge in [0.25, 0.3) is 0 Å². The molecule has 1 heterocycles. The first kappa shape index (κ1) is 14.5. The zero-order valence-corrected chi connectivity index (χ0v) is 9.83. The van der Waals surface area contributed by atoms with E-state index in [1.807, 2.05) is 0 Å². The number of carbonyl (C=O) groups excluding carboxylic acids is 1. The molecule has 0 aliphatic carbocycles. The molecule has 0 saturated heterocycles. The number of carbonyl (C=O) groups is 3. The molecular weight excluding hydrogens is 258 g/mol. The molecule has 0 aromatic carbocycles. The highest BCUT2D eigenvalue weighted by Gasteiger charge is 2.20. The second-order valence-corrected chi connectivity index (χ2v) is 3.64. The van der Waals surface area contributed by atoms with Crippen LogP contribution in [0.25, 0.3) is 0 Å². The highest BCUT2D eigenvalue weighted by Crippen LogP contribution is 1.98. The first-order valence-electron chi connectivity index (χ1n) is 5.37. The van der Waals surface area contributed by atoms with Crippen LogP contribution in [-0.4, -0.2) is 39.4 Å². The van der Waals surface area contributed by atoms with Gasteiger partial charge in [-0.3, -0.25) is 4.79 Å². The van der Waals surface area contributed by atoms with E-state index in [0.29, 0.717) is 5.69 Å². The summed E-state index contributed by atoms with van der Waals surface area (Å²) < 4.78 is 4.55. The quantitative estimate of drug-likeness (QED) is 0.537. The number of amides is 2. The van der Waals surface area contributed by atoms with Crippen molar-refractivity contribution >= 4 is 18.0 Å². The third kappa shape index (κ3) is 5.52. The zero-order valence-electron chi connectivity index (χ0n) is 9.83. The molecule has 2 amide bonds. The summed E-state index contributed by atoms with van der Waals surface area (Å²) in [7, 11) is 0. The number of aliphatic carboxylic acids is 2. The topological polar surface area (TPSA) is 142 Å². The van der Waals surface area contributed by atoms with Crippen LogP contribution in [0.15, 0.2) is 16.9 Å². The summed E-state index contributed by atoms with van der Waals surface area (Å²) in [6.07, 6.45) is 0.796. The van der Waals surface area contributed by atoms with Crippen LogP contribution in [0, 0.1) is 0 Å². The van der Waals surface area contributed by atoms with Crippen LogP contribution in [0.4, 0.5) is 4.79 Å². The summed E-state index contributed by atoms with van der Waals surface area (Å²) in [5, 5.41) is 25.4. The van der Waals surface area contributed by atoms with Crippen molar-refractivity contribution in [2.75, 3.05) is 0 Å². The molecule has 0 bridgehead atoms. The van der Waals surface area contributed by atoms with Gasteiger partial charge in [-0.05, 0) is 6.42 Å². The lowest BCUT2D eigenvalue weighted by atomic mass is 10.1. The maximum atomic E-state index is 11.4. The first-order chi connectivity index (χ1) is 8.99. The van der Waals surface area contributed by atoms with E-state index in [0.717, 1.165) is 0 Å². The number of aromatic nitrogens is 1. The molecular formula is C10H13N3O6. The normalized spacial score (nSPS) is 11.6. The fourth-order valence-electron chi connectivity index (χ4n) is 1.23. The van der Waals surface area contributed by atoms with Crippen LogP contribution >= 0.6 is 0 Å². The van der Waals surface area contributed by atoms with E-state index in [2.05, 4.69) is 20.3 Å². The van der Waals surface area contributed by atoms with Crippen LogP contribution in [-0.2, 0) is 16.1 Å². The van der Waals surface area contributed by atoms with Crippen LogP contribution < -0.4 is 10.6 Å². The number of rotatable bonds is 7. The smallest absolute Gasteiger partial charge is 0.326 e. The molecule has 0 fully saturated rings. The largest absolute Gasteiger partial charge is 0.481 e. The molecule has 0 radical (unpaired) electrons. The molecule has 1 rings (SSSR count). The van der Waals surface area contributed by atoms with Crippen LogP contribution in [0.3, 0.4) is 0 Å². The van der Waals surface area contributed by atoms with Gasteiger partial charge in [0, 0.05) is 12.5 Å². The third-order valence-corrected chi connectivity index (χ3v) is 2.17. The predicted molar refractivity (Wildman–Crippen MR) is 60.2 cm³/mol. The lowest BCUT2D eigenvalue weighted by molar-refractivity contribution is -0.140. The Morgan fingerprint density at radius 1 is 1.37 bits per heavy atom. The van der Waals surface area contributed by atoms with Crippen LogP contribution in [0.1, 0.15) is 18.5 Å². The van der Waals surface area contributed by atoms with Crippen molar-refractivity contribution in [1.29, 1.82) is 0 Å². The Kier molecular flexibility index (Phi) is 5.33. The van der Waals surface area contributed by atoms with Gasteiger partial charge in [-0.25, -0.2) is 9.59 Å². The van der Waals surface area contributed by atoms with Crippen molar-refractivity contribution in [2.24, 2.45) is 0 Å². The molecule has 9 heteroatoms. The number of hydrogen-bond donors (Lipinski definition) is 4. The van der Waals surface area contributed by atoms with Crippen LogP contribution in [0.5, 0.6) is 0 Å². The van der Waals surface area contributed by atoms with Gasteiger partial charge >= 0.3 is 18.0 Å². The molecule has 1 aromatic rings. The van der Waals surface area contributed by atoms with Crippen molar-refractivity contribution in [1.82, 2.24) is 15.8 Å². The minimum absolute atomic E-state index is 0.0770. The van der Waals surface area contributed by atoms with Gasteiger partial charge in [0.05, 0.1) is 6.54 Å². The maximum Gasteiger partial charge on any atom is 0.326 e. The first-order valence-corrected chi connectivity index (χ1v) is 5.37. The minimum Gasteiger partial charge on any atom is -0.481 e. The Balaban J connectivity index is 2.38. The van der Waals surface area contributed by atoms with Crippen molar-refractivity contribution in [3.63, 3.8) is 0 Å². The number of nitrogens with one attached hydrogen (secondary N) is 2. The van der Waals surface area contributed by atoms with Crippen molar-refractivity contribution in [2.45, 2.75) is 25.4 Å². The monoisotopic (exact) mass is 271 g/mol. The number of hydrogen-bond acceptors (Lipinski definition) is 5. The Labute approximate surface area is 107 Å². The summed E-state index contributed by atoms with van der Waals surface area (Å²) in [6.45, 7) is 0.0770. The molecule has 0 aliphatic rings. The highest BCUT2D eigenvalue weighted by atomic mass is 16.5. The zero-order chi connectivity index (χ0) is 14.3. The fourth-order valence-corrected chi connectivity index (χ4v) is 1.23. The molecule has 9 nitrogen and oxygen atoms in total. The minimum atomic E-state index is -1.29. The molecule has 4 N–H and O–H groups in total. The Morgan fingerprint density at radius 3 is 2.63 bits per heavy atom. The molecule has 1 unspecified atom stereocenters. The fraction of sp³-hybridized carbons (Fsp3) is 0.400. The van der Waals surface area contributed by atoms with Gasteiger partial charge in [-0.2, -0.15) is 0 Å². The molecule has 104 valence electrons. The van der Waals surface area contributed by atoms with E-state index in [1.165, 1.54) is 6.26 Å². The average molecular weight is 271 g/mol. The van der Waals surface area contributed by atoms with Crippen molar-refractivity contribution in [3.05, 3.63) is 18.0 Å². The molecule has 1 atom stereocenters. The summed E-state index contributed by atoms with van der Waals surface area (Å²) in [5.41, 5.74) is 0.479. The molecule has 1 aromatic heterocycles. The number of carboxylic acids is 2. The van der Waals surface area contributed by atoms with Crippen LogP contribution in [0.2, 0.25) is 0 Å². The molecule has 0 spiro atoms. The number of carboxylic acid groups (broad SMARTS) is 2. The highest BCUT2D eigenvalue weighted by molar-refractivity contribution is 5.82. The van der Waals surface area contributed by atoms with Gasteiger partial charge in [-0.15, -0.1) is 0 Å². The summed E-state index contributed by atoms with van der Waals surface area (Å²) >= 11 is 0. The Bertz CT molecular complexity index is 444. The van der Waals surface area contributed by atoms with Gasteiger partial charge in [0.15, 0.2) is 0 Å². The van der Waals surface area contributed by atoms with Crippen molar-refractivity contribution < 1.29 is 29.1 Å². The second-order valence-electron chi connectivity index (χ2n) is 3.64. The van der Waals surface area contributed by atoms with E-state index in [1.54, 1.807) is 6.07 Å². The molecule has 19 heavy (non-hydrogen) atoms. The Morgan fingerprint density at radius 2 is 2.11 bits per heavy atom. The lowest BCUT2D eigenvalue weighted by Gasteiger charge is -2.13. The van der Waals surface area contributed by atoms with Crippen molar-refractivity contribution in [3.8, 4) is 0 Å². The number of urea groups is 1. The summed E-state index contributed by atoms with van der Waals surface area (Å²) in [6, 6.07) is -0.437. The predicted octanol–water partition coefficient (Wildman–Crippen LogP) is -0.208. The number of nitrogens with zero attached hydrogens (tertiary/aromatic N) is 1. The third-order valence-electron chi connectivity index (χ3n) is 2.17. The van der Waals surface area contributed by atoms with Gasteiger partial charge in [-0.1, -0.05) is 5.16 Å². The van der Waals surface area contributed by atoms with E-state index < -0.39 is 24.0 Å². The molecule has 0 aliphatic heterocycles. The summed E-state index contributed by atoms with van der Waals surface area (Å²) in [5.74, 6) is -2.42. The second kappa shape index (κ2) is 6.99. The van der Waals surface area contributed by atoms with E-state index in [-0.39, 0.29) is 19.4 Å². The standard InChI is InChI=1S/C10H13N3O6/c14-8(15)2-1-7(9(16)17)12-10(18)11-5-6-3-4-19-13-6/h3-4,7H,1-2,5H2,(H,14,15)(H,16,17)(H2,11,12,18). The Hall–Kier alpha value is -2.58.